The molecule has 0 aromatic heterocycles. The number of guanidine groups is 1. The van der Waals surface area contributed by atoms with Gasteiger partial charge < -0.3 is 19.7 Å². The van der Waals surface area contributed by atoms with Crippen LogP contribution >= 0.6 is 11.8 Å². The molecule has 1 N–H and O–H groups in total. The van der Waals surface area contributed by atoms with Gasteiger partial charge in [0.05, 0.1) is 6.34 Å². The Balaban J connectivity index is 2.26. The van der Waals surface area contributed by atoms with Gasteiger partial charge in [0.15, 0.2) is 4.90 Å². The number of nitrogens with one attached hydrogen (secondary N) is 1. The summed E-state index contributed by atoms with van der Waals surface area (Å²) >= 11 is 0.638. The molecule has 1 unspecified atom stereocenters. The Hall–Kier alpha value is -2.42. The van der Waals surface area contributed by atoms with Gasteiger partial charge in [0, 0.05) is 55.8 Å². The Labute approximate surface area is 187 Å². The average Bonchev–Trinajstić information content (AvgIpc) is 2.75. The van der Waals surface area contributed by atoms with Crippen molar-refractivity contribution in [3.8, 4) is 0 Å². The van der Waals surface area contributed by atoms with Crippen molar-refractivity contribution in [2.24, 2.45) is 9.98 Å². The van der Waals surface area contributed by atoms with Crippen molar-refractivity contribution in [2.45, 2.75) is 18.2 Å². The molecular formula is C22H29N5OS2. The van der Waals surface area contributed by atoms with Crippen LogP contribution in [0.15, 0.2) is 85.8 Å². The van der Waals surface area contributed by atoms with Crippen molar-refractivity contribution in [3.05, 3.63) is 70.9 Å². The fourth-order valence-electron chi connectivity index (χ4n) is 2.37. The second kappa shape index (κ2) is 11.7. The van der Waals surface area contributed by atoms with Crippen LogP contribution in [-0.2, 0) is 11.2 Å². The zero-order valence-electron chi connectivity index (χ0n) is 18.1. The van der Waals surface area contributed by atoms with Crippen molar-refractivity contribution >= 4 is 40.9 Å². The highest BCUT2D eigenvalue weighted by Gasteiger charge is 2.11. The first-order chi connectivity index (χ1) is 14.3. The number of allylic oxidation sites excluding steroid dienone is 3. The molecule has 2 rings (SSSR count). The second-order valence-electron chi connectivity index (χ2n) is 6.79. The molecule has 8 heteroatoms. The number of anilines is 1. The maximum atomic E-state index is 11.6. The summed E-state index contributed by atoms with van der Waals surface area (Å²) in [4.78, 5) is 14.9. The van der Waals surface area contributed by atoms with Gasteiger partial charge in [-0.3, -0.25) is 0 Å². The third-order valence-corrected chi connectivity index (χ3v) is 6.29. The van der Waals surface area contributed by atoms with Gasteiger partial charge in [0.2, 0.25) is 5.96 Å². The quantitative estimate of drug-likeness (QED) is 0.378. The highest BCUT2D eigenvalue weighted by molar-refractivity contribution is 8.06. The van der Waals surface area contributed by atoms with Crippen LogP contribution < -0.4 is 5.32 Å². The van der Waals surface area contributed by atoms with Gasteiger partial charge in [-0.05, 0) is 47.8 Å². The Bertz CT molecular complexity index is 883. The average molecular weight is 444 g/mol. The van der Waals surface area contributed by atoms with Crippen molar-refractivity contribution in [1.82, 2.24) is 9.80 Å². The van der Waals surface area contributed by atoms with Crippen LogP contribution in [0, 0.1) is 0 Å². The first-order valence-electron chi connectivity index (χ1n) is 9.38. The van der Waals surface area contributed by atoms with E-state index in [1.54, 1.807) is 30.6 Å². The summed E-state index contributed by atoms with van der Waals surface area (Å²) in [7, 11) is 5.89. The van der Waals surface area contributed by atoms with Crippen LogP contribution in [0.2, 0.25) is 0 Å². The van der Waals surface area contributed by atoms with Crippen LogP contribution in [0.4, 0.5) is 5.69 Å². The van der Waals surface area contributed by atoms with Crippen molar-refractivity contribution in [1.29, 1.82) is 0 Å². The van der Waals surface area contributed by atoms with E-state index >= 15 is 0 Å². The van der Waals surface area contributed by atoms with Crippen LogP contribution in [-0.4, -0.2) is 54.0 Å². The normalized spacial score (nSPS) is 16.1. The number of thioether (sulfide) groups is 1. The zero-order valence-corrected chi connectivity index (χ0v) is 19.8. The molecule has 1 aliphatic heterocycles. The predicted molar refractivity (Wildman–Crippen MR) is 132 cm³/mol. The fraction of sp³-hybridized carbons (Fsp3) is 0.273. The van der Waals surface area contributed by atoms with Gasteiger partial charge in [0.25, 0.3) is 0 Å². The van der Waals surface area contributed by atoms with E-state index < -0.39 is 11.2 Å². The van der Waals surface area contributed by atoms with E-state index in [0.29, 0.717) is 5.96 Å². The van der Waals surface area contributed by atoms with Crippen molar-refractivity contribution < 1.29 is 4.55 Å². The first kappa shape index (κ1) is 23.9. The van der Waals surface area contributed by atoms with E-state index in [1.165, 1.54) is 0 Å². The number of hydrogen-bond donors (Lipinski definition) is 1. The summed E-state index contributed by atoms with van der Waals surface area (Å²) in [6, 6.07) is 7.41. The number of rotatable bonds is 7. The number of aliphatic imine (C=N–C) groups is 2. The highest BCUT2D eigenvalue weighted by atomic mass is 32.2. The van der Waals surface area contributed by atoms with Crippen LogP contribution in [0.25, 0.3) is 0 Å². The van der Waals surface area contributed by atoms with Gasteiger partial charge in [-0.25, -0.2) is 9.98 Å². The third kappa shape index (κ3) is 7.12. The predicted octanol–water partition coefficient (Wildman–Crippen LogP) is 4.62. The SMILES string of the molecule is C=CC1=C(N(C)/C=N/C(=N\C=C(/C)N(C)C)Nc2ccc([S+](C)[O-])cc2)CC=CS1. The highest BCUT2D eigenvalue weighted by Crippen LogP contribution is 2.30. The molecule has 6 nitrogen and oxygen atoms in total. The Morgan fingerprint density at radius 2 is 1.97 bits per heavy atom. The molecule has 0 saturated carbocycles. The molecule has 0 aliphatic carbocycles. The summed E-state index contributed by atoms with van der Waals surface area (Å²) in [5, 5.41) is 5.30. The minimum Gasteiger partial charge on any atom is -0.612 e. The molecule has 0 radical (unpaired) electrons. The molecule has 1 aliphatic rings. The Morgan fingerprint density at radius 1 is 1.27 bits per heavy atom. The summed E-state index contributed by atoms with van der Waals surface area (Å²) < 4.78 is 11.6. The van der Waals surface area contributed by atoms with Gasteiger partial charge in [-0.1, -0.05) is 30.5 Å². The summed E-state index contributed by atoms with van der Waals surface area (Å²) in [5.41, 5.74) is 2.95. The van der Waals surface area contributed by atoms with Crippen molar-refractivity contribution in [3.63, 3.8) is 0 Å². The maximum Gasteiger partial charge on any atom is 0.228 e. The Morgan fingerprint density at radius 3 is 2.57 bits per heavy atom. The molecule has 1 aromatic carbocycles. The van der Waals surface area contributed by atoms with E-state index in [2.05, 4.69) is 33.4 Å². The minimum atomic E-state index is -1.01. The molecule has 1 atom stereocenters. The van der Waals surface area contributed by atoms with Crippen LogP contribution in [0.1, 0.15) is 13.3 Å². The number of hydrogen-bond acceptors (Lipinski definition) is 4. The molecule has 0 spiro atoms. The van der Waals surface area contributed by atoms with Gasteiger partial charge >= 0.3 is 0 Å². The molecule has 0 bridgehead atoms. The Kier molecular flexibility index (Phi) is 9.29. The monoisotopic (exact) mass is 443 g/mol. The molecular weight excluding hydrogens is 414 g/mol. The second-order valence-corrected chi connectivity index (χ2v) is 9.11. The molecule has 1 heterocycles. The fourth-order valence-corrected chi connectivity index (χ4v) is 3.69. The first-order valence-corrected chi connectivity index (χ1v) is 11.8. The lowest BCUT2D eigenvalue weighted by Gasteiger charge is -2.21. The van der Waals surface area contributed by atoms with E-state index in [1.807, 2.05) is 68.2 Å². The maximum absolute atomic E-state index is 11.6. The number of nitrogens with zero attached hydrogens (tertiary/aromatic N) is 4. The molecule has 0 amide bonds. The standard InChI is InChI=1S/C22H29N5OS2/c1-7-21-20(9-8-14-29-21)27(5)16-24-22(23-15-17(2)26(3)4)25-18-10-12-19(13-11-18)30(6)28/h7-8,10-16H,1,9H2,2-6H3,(H,23,25)/b17-15+,24-16+. The molecule has 30 heavy (non-hydrogen) atoms. The van der Waals surface area contributed by atoms with E-state index in [9.17, 15) is 4.55 Å². The summed E-state index contributed by atoms with van der Waals surface area (Å²) in [6.07, 6.45) is 9.99. The summed E-state index contributed by atoms with van der Waals surface area (Å²) in [5.74, 6) is 0.452. The van der Waals surface area contributed by atoms with Crippen LogP contribution in [0.3, 0.4) is 0 Å². The van der Waals surface area contributed by atoms with E-state index in [-0.39, 0.29) is 0 Å². The smallest absolute Gasteiger partial charge is 0.228 e. The minimum absolute atomic E-state index is 0.452. The third-order valence-electron chi connectivity index (χ3n) is 4.37. The number of benzene rings is 1. The largest absolute Gasteiger partial charge is 0.612 e. The van der Waals surface area contributed by atoms with Gasteiger partial charge in [-0.15, -0.1) is 0 Å². The topological polar surface area (TPSA) is 66.3 Å². The van der Waals surface area contributed by atoms with E-state index in [0.717, 1.165) is 33.3 Å². The molecule has 0 saturated heterocycles. The molecule has 0 fully saturated rings. The molecule has 160 valence electrons. The van der Waals surface area contributed by atoms with Gasteiger partial charge in [-0.2, -0.15) is 0 Å². The lowest BCUT2D eigenvalue weighted by molar-refractivity contribution is 0.512. The van der Waals surface area contributed by atoms with Crippen LogP contribution in [0.5, 0.6) is 0 Å². The van der Waals surface area contributed by atoms with Crippen molar-refractivity contribution in [2.75, 3.05) is 32.7 Å². The zero-order chi connectivity index (χ0) is 22.1. The lowest BCUT2D eigenvalue weighted by Crippen LogP contribution is -2.20. The summed E-state index contributed by atoms with van der Waals surface area (Å²) in [6.45, 7) is 5.88. The van der Waals surface area contributed by atoms with E-state index in [4.69, 9.17) is 0 Å². The van der Waals surface area contributed by atoms with Gasteiger partial charge in [0.1, 0.15) is 6.26 Å². The molecule has 1 aromatic rings. The lowest BCUT2D eigenvalue weighted by atomic mass is 10.2.